The largest absolute Gasteiger partial charge is 0.383 e. The molecule has 4 nitrogen and oxygen atoms in total. The van der Waals surface area contributed by atoms with Crippen molar-refractivity contribution in [1.29, 1.82) is 0 Å². The molecule has 0 aliphatic carbocycles. The molecule has 0 unspecified atom stereocenters. The molecule has 0 radical (unpaired) electrons. The molecule has 0 saturated heterocycles. The zero-order valence-electron chi connectivity index (χ0n) is 10.8. The Morgan fingerprint density at radius 3 is 2.95 bits per heavy atom. The highest BCUT2D eigenvalue weighted by atomic mass is 127. The van der Waals surface area contributed by atoms with E-state index in [1.807, 2.05) is 35.9 Å². The molecule has 0 atom stereocenters. The number of aromatic nitrogens is 2. The number of anilines is 2. The van der Waals surface area contributed by atoms with Crippen LogP contribution in [0.25, 0.3) is 0 Å². The van der Waals surface area contributed by atoms with Crippen molar-refractivity contribution in [3.05, 3.63) is 38.7 Å². The Labute approximate surface area is 131 Å². The Kier molecular flexibility index (Phi) is 5.06. The van der Waals surface area contributed by atoms with Gasteiger partial charge in [-0.25, -0.2) is 4.98 Å². The third-order valence-corrected chi connectivity index (χ3v) is 3.59. The predicted octanol–water partition coefficient (Wildman–Crippen LogP) is 3.84. The maximum absolute atomic E-state index is 6.21. The molecule has 0 aliphatic heterocycles. The summed E-state index contributed by atoms with van der Waals surface area (Å²) in [5.74, 6) is 0.776. The molecule has 0 amide bonds. The van der Waals surface area contributed by atoms with E-state index in [0.29, 0.717) is 11.6 Å². The second-order valence-electron chi connectivity index (χ2n) is 4.14. The van der Waals surface area contributed by atoms with Crippen LogP contribution in [-0.4, -0.2) is 23.3 Å². The topological polar surface area (TPSA) is 39.1 Å². The molecule has 0 aliphatic rings. The number of imidazole rings is 1. The zero-order chi connectivity index (χ0) is 13.8. The van der Waals surface area contributed by atoms with Crippen molar-refractivity contribution < 1.29 is 4.74 Å². The van der Waals surface area contributed by atoms with E-state index in [1.54, 1.807) is 7.11 Å². The Hall–Kier alpha value is -0.790. The molecule has 6 heteroatoms. The summed E-state index contributed by atoms with van der Waals surface area (Å²) in [6, 6.07) is 5.87. The zero-order valence-corrected chi connectivity index (χ0v) is 13.7. The van der Waals surface area contributed by atoms with Gasteiger partial charge >= 0.3 is 0 Å². The summed E-state index contributed by atoms with van der Waals surface area (Å²) in [4.78, 5) is 4.46. The Morgan fingerprint density at radius 2 is 2.26 bits per heavy atom. The molecular weight excluding hydrogens is 377 g/mol. The summed E-state index contributed by atoms with van der Waals surface area (Å²) in [6.07, 6.45) is 1.99. The quantitative estimate of drug-likeness (QED) is 0.787. The number of hydrogen-bond acceptors (Lipinski definition) is 3. The molecule has 1 heterocycles. The summed E-state index contributed by atoms with van der Waals surface area (Å²) >= 11 is 8.45. The first kappa shape index (κ1) is 14.6. The Balaban J connectivity index is 2.22. The summed E-state index contributed by atoms with van der Waals surface area (Å²) < 4.78 is 8.22. The predicted molar refractivity (Wildman–Crippen MR) is 86.3 cm³/mol. The van der Waals surface area contributed by atoms with Crippen LogP contribution >= 0.6 is 34.2 Å². The van der Waals surface area contributed by atoms with Crippen molar-refractivity contribution in [2.75, 3.05) is 19.0 Å². The van der Waals surface area contributed by atoms with Crippen molar-refractivity contribution in [3.8, 4) is 0 Å². The maximum Gasteiger partial charge on any atom is 0.207 e. The maximum atomic E-state index is 6.21. The summed E-state index contributed by atoms with van der Waals surface area (Å²) in [5.41, 5.74) is 1.81. The number of aryl methyl sites for hydroxylation is 1. The number of hydrogen-bond donors (Lipinski definition) is 1. The molecule has 1 N–H and O–H groups in total. The second-order valence-corrected chi connectivity index (χ2v) is 5.79. The minimum Gasteiger partial charge on any atom is -0.383 e. The third-order valence-electron chi connectivity index (χ3n) is 2.61. The van der Waals surface area contributed by atoms with Gasteiger partial charge in [-0.15, -0.1) is 0 Å². The van der Waals surface area contributed by atoms with Crippen molar-refractivity contribution in [3.63, 3.8) is 0 Å². The minimum atomic E-state index is 0.644. The number of rotatable bonds is 5. The number of methoxy groups -OCH3 is 1. The molecule has 0 bridgehead atoms. The van der Waals surface area contributed by atoms with Crippen LogP contribution in [0.3, 0.4) is 0 Å². The number of nitrogens with one attached hydrogen (secondary N) is 1. The number of ether oxygens (including phenoxy) is 1. The van der Waals surface area contributed by atoms with Crippen molar-refractivity contribution in [2.24, 2.45) is 0 Å². The lowest BCUT2D eigenvalue weighted by Gasteiger charge is -2.10. The van der Waals surface area contributed by atoms with Gasteiger partial charge in [-0.1, -0.05) is 11.6 Å². The Bertz CT molecular complexity index is 571. The van der Waals surface area contributed by atoms with Gasteiger partial charge in [0.15, 0.2) is 0 Å². The monoisotopic (exact) mass is 391 g/mol. The smallest absolute Gasteiger partial charge is 0.207 e. The van der Waals surface area contributed by atoms with Gasteiger partial charge in [-0.2, -0.15) is 0 Å². The van der Waals surface area contributed by atoms with Crippen LogP contribution in [0.4, 0.5) is 11.6 Å². The first-order valence-electron chi connectivity index (χ1n) is 5.85. The van der Waals surface area contributed by atoms with Gasteiger partial charge in [0.05, 0.1) is 23.0 Å². The molecular formula is C13H15ClIN3O. The van der Waals surface area contributed by atoms with Gasteiger partial charge in [-0.05, 0) is 47.7 Å². The van der Waals surface area contributed by atoms with E-state index < -0.39 is 0 Å². The van der Waals surface area contributed by atoms with E-state index in [9.17, 15) is 0 Å². The van der Waals surface area contributed by atoms with E-state index in [1.165, 1.54) is 0 Å². The van der Waals surface area contributed by atoms with Gasteiger partial charge in [-0.3, -0.25) is 0 Å². The normalized spacial score (nSPS) is 10.7. The summed E-state index contributed by atoms with van der Waals surface area (Å²) in [5, 5.41) is 3.94. The number of halogens is 2. The fourth-order valence-corrected chi connectivity index (χ4v) is 2.62. The SMILES string of the molecule is COCCn1cc(C)nc1Nc1ccc(I)cc1Cl. The highest BCUT2D eigenvalue weighted by molar-refractivity contribution is 14.1. The van der Waals surface area contributed by atoms with Crippen LogP contribution in [0.15, 0.2) is 24.4 Å². The van der Waals surface area contributed by atoms with Crippen molar-refractivity contribution in [2.45, 2.75) is 13.5 Å². The van der Waals surface area contributed by atoms with Gasteiger partial charge in [0.1, 0.15) is 0 Å². The molecule has 1 aromatic carbocycles. The van der Waals surface area contributed by atoms with E-state index in [2.05, 4.69) is 32.9 Å². The molecule has 1 aromatic heterocycles. The Morgan fingerprint density at radius 1 is 1.47 bits per heavy atom. The standard InChI is InChI=1S/C13H15ClIN3O/c1-9-8-18(5-6-19-2)13(16-9)17-12-4-3-10(15)7-11(12)14/h3-4,7-8H,5-6H2,1-2H3,(H,16,17). The van der Waals surface area contributed by atoms with Crippen LogP contribution in [0.5, 0.6) is 0 Å². The van der Waals surface area contributed by atoms with Gasteiger partial charge in [0.2, 0.25) is 5.95 Å². The average Bonchev–Trinajstić information content (AvgIpc) is 2.70. The number of benzene rings is 1. The molecule has 2 aromatic rings. The lowest BCUT2D eigenvalue weighted by atomic mass is 10.3. The van der Waals surface area contributed by atoms with Crippen LogP contribution in [-0.2, 0) is 11.3 Å². The lowest BCUT2D eigenvalue weighted by Crippen LogP contribution is -2.07. The van der Waals surface area contributed by atoms with Crippen molar-refractivity contribution in [1.82, 2.24) is 9.55 Å². The molecule has 0 fully saturated rings. The highest BCUT2D eigenvalue weighted by Crippen LogP contribution is 2.26. The fraction of sp³-hybridized carbons (Fsp3) is 0.308. The number of nitrogens with zero attached hydrogens (tertiary/aromatic N) is 2. The molecule has 0 saturated carbocycles. The van der Waals surface area contributed by atoms with E-state index in [-0.39, 0.29) is 0 Å². The second kappa shape index (κ2) is 6.58. The summed E-state index contributed by atoms with van der Waals surface area (Å²) in [6.45, 7) is 3.36. The van der Waals surface area contributed by atoms with E-state index in [4.69, 9.17) is 16.3 Å². The first-order valence-corrected chi connectivity index (χ1v) is 7.30. The van der Waals surface area contributed by atoms with Gasteiger partial charge in [0.25, 0.3) is 0 Å². The fourth-order valence-electron chi connectivity index (χ4n) is 1.72. The minimum absolute atomic E-state index is 0.644. The van der Waals surface area contributed by atoms with Gasteiger partial charge < -0.3 is 14.6 Å². The third kappa shape index (κ3) is 3.84. The van der Waals surface area contributed by atoms with Crippen LogP contribution in [0.1, 0.15) is 5.69 Å². The highest BCUT2D eigenvalue weighted by Gasteiger charge is 2.08. The van der Waals surface area contributed by atoms with E-state index in [0.717, 1.165) is 27.4 Å². The van der Waals surface area contributed by atoms with Crippen LogP contribution < -0.4 is 5.32 Å². The molecule has 19 heavy (non-hydrogen) atoms. The molecule has 2 rings (SSSR count). The van der Waals surface area contributed by atoms with Crippen LogP contribution in [0.2, 0.25) is 5.02 Å². The molecule has 102 valence electrons. The first-order chi connectivity index (χ1) is 9.10. The average molecular weight is 392 g/mol. The van der Waals surface area contributed by atoms with Crippen LogP contribution in [0, 0.1) is 10.5 Å². The molecule has 0 spiro atoms. The van der Waals surface area contributed by atoms with E-state index >= 15 is 0 Å². The summed E-state index contributed by atoms with van der Waals surface area (Å²) in [7, 11) is 1.69. The van der Waals surface area contributed by atoms with Crippen molar-refractivity contribution >= 4 is 45.8 Å². The lowest BCUT2D eigenvalue weighted by molar-refractivity contribution is 0.188. The van der Waals surface area contributed by atoms with Gasteiger partial charge in [0, 0.05) is 23.4 Å².